The lowest BCUT2D eigenvalue weighted by atomic mass is 9.81. The van der Waals surface area contributed by atoms with Crippen molar-refractivity contribution in [3.8, 4) is 0 Å². The second-order valence-corrected chi connectivity index (χ2v) is 6.21. The lowest BCUT2D eigenvalue weighted by Gasteiger charge is -2.24. The summed E-state index contributed by atoms with van der Waals surface area (Å²) in [6.45, 7) is 9.97. The molecular weight excluding hydrogens is 224 g/mol. The van der Waals surface area contributed by atoms with Gasteiger partial charge in [-0.2, -0.15) is 0 Å². The molecule has 0 spiro atoms. The third kappa shape index (κ3) is 2.77. The summed E-state index contributed by atoms with van der Waals surface area (Å²) in [5, 5.41) is 3.42. The van der Waals surface area contributed by atoms with Crippen LogP contribution in [-0.4, -0.2) is 11.5 Å². The monoisotopic (exact) mass is 250 g/mol. The first-order chi connectivity index (χ1) is 8.54. The van der Waals surface area contributed by atoms with Gasteiger partial charge in [-0.3, -0.25) is 0 Å². The van der Waals surface area contributed by atoms with Crippen molar-refractivity contribution in [1.82, 2.24) is 10.3 Å². The van der Waals surface area contributed by atoms with Crippen molar-refractivity contribution in [2.75, 3.05) is 6.54 Å². The van der Waals surface area contributed by atoms with E-state index in [0.717, 1.165) is 24.6 Å². The quantitative estimate of drug-likeness (QED) is 0.857. The van der Waals surface area contributed by atoms with Gasteiger partial charge in [0.25, 0.3) is 0 Å². The molecule has 1 fully saturated rings. The van der Waals surface area contributed by atoms with Gasteiger partial charge in [0.15, 0.2) is 0 Å². The molecule has 2 rings (SSSR count). The van der Waals surface area contributed by atoms with Crippen LogP contribution < -0.4 is 5.32 Å². The third-order valence-electron chi connectivity index (χ3n) is 4.21. The largest absolute Gasteiger partial charge is 0.444 e. The number of nitrogens with zero attached hydrogens (tertiary/aromatic N) is 1. The summed E-state index contributed by atoms with van der Waals surface area (Å²) in [4.78, 5) is 4.45. The second-order valence-electron chi connectivity index (χ2n) is 6.21. The van der Waals surface area contributed by atoms with Crippen molar-refractivity contribution in [2.45, 2.75) is 65.3 Å². The van der Waals surface area contributed by atoms with Gasteiger partial charge < -0.3 is 9.73 Å². The van der Waals surface area contributed by atoms with Gasteiger partial charge in [0.1, 0.15) is 5.76 Å². The number of hydrogen-bond donors (Lipinski definition) is 1. The molecule has 0 aliphatic heterocycles. The highest BCUT2D eigenvalue weighted by Gasteiger charge is 2.37. The van der Waals surface area contributed by atoms with Gasteiger partial charge in [0.05, 0.1) is 12.2 Å². The van der Waals surface area contributed by atoms with Crippen molar-refractivity contribution < 1.29 is 4.42 Å². The van der Waals surface area contributed by atoms with Crippen LogP contribution in [0, 0.1) is 5.41 Å². The minimum atomic E-state index is 0.211. The molecule has 1 aliphatic carbocycles. The number of oxazole rings is 1. The Bertz CT molecular complexity index is 384. The molecule has 1 saturated carbocycles. The third-order valence-corrected chi connectivity index (χ3v) is 4.21. The Kier molecular flexibility index (Phi) is 4.10. The maximum atomic E-state index is 5.99. The van der Waals surface area contributed by atoms with Crippen molar-refractivity contribution in [1.29, 1.82) is 0 Å². The average molecular weight is 250 g/mol. The Morgan fingerprint density at radius 2 is 2.33 bits per heavy atom. The van der Waals surface area contributed by atoms with Gasteiger partial charge in [-0.25, -0.2) is 4.98 Å². The molecule has 2 unspecified atom stereocenters. The summed E-state index contributed by atoms with van der Waals surface area (Å²) in [5.74, 6) is 2.45. The summed E-state index contributed by atoms with van der Waals surface area (Å²) in [6.07, 6.45) is 6.90. The van der Waals surface area contributed by atoms with E-state index in [2.05, 4.69) is 38.0 Å². The zero-order chi connectivity index (χ0) is 13.2. The Labute approximate surface area is 110 Å². The number of aromatic nitrogens is 1. The Hall–Kier alpha value is -0.830. The molecule has 18 heavy (non-hydrogen) atoms. The van der Waals surface area contributed by atoms with E-state index >= 15 is 0 Å². The van der Waals surface area contributed by atoms with Crippen LogP contribution in [0.15, 0.2) is 10.6 Å². The predicted octanol–water partition coefficient (Wildman–Crippen LogP) is 4.03. The molecule has 102 valence electrons. The second kappa shape index (κ2) is 5.43. The number of nitrogens with one attached hydrogen (secondary N) is 1. The molecule has 2 atom stereocenters. The highest BCUT2D eigenvalue weighted by atomic mass is 16.4. The summed E-state index contributed by atoms with van der Waals surface area (Å²) in [6, 6.07) is 0.211. The lowest BCUT2D eigenvalue weighted by Crippen LogP contribution is -2.19. The van der Waals surface area contributed by atoms with Gasteiger partial charge in [-0.15, -0.1) is 0 Å². The fourth-order valence-electron chi connectivity index (χ4n) is 2.96. The predicted molar refractivity (Wildman–Crippen MR) is 73.6 cm³/mol. The van der Waals surface area contributed by atoms with E-state index in [4.69, 9.17) is 4.42 Å². The van der Waals surface area contributed by atoms with E-state index in [1.807, 2.05) is 6.20 Å². The molecule has 0 aromatic carbocycles. The van der Waals surface area contributed by atoms with Crippen LogP contribution in [0.4, 0.5) is 0 Å². The molecule has 0 amide bonds. The standard InChI is InChI=1S/C15H26N2O/c1-5-9-16-11(2)14-17-10-13(18-14)12-7-6-8-15(12,3)4/h10-12,16H,5-9H2,1-4H3. The maximum absolute atomic E-state index is 5.99. The van der Waals surface area contributed by atoms with Crippen molar-refractivity contribution in [2.24, 2.45) is 5.41 Å². The summed E-state index contributed by atoms with van der Waals surface area (Å²) in [7, 11) is 0. The van der Waals surface area contributed by atoms with Crippen LogP contribution in [0.25, 0.3) is 0 Å². The molecule has 0 saturated heterocycles. The summed E-state index contributed by atoms with van der Waals surface area (Å²) < 4.78 is 5.99. The van der Waals surface area contributed by atoms with Gasteiger partial charge in [0.2, 0.25) is 5.89 Å². The van der Waals surface area contributed by atoms with Crippen LogP contribution in [0.3, 0.4) is 0 Å². The molecule has 1 heterocycles. The van der Waals surface area contributed by atoms with Gasteiger partial charge in [-0.1, -0.05) is 27.2 Å². The molecular formula is C15H26N2O. The molecule has 1 aliphatic rings. The highest BCUT2D eigenvalue weighted by Crippen LogP contribution is 2.48. The van der Waals surface area contributed by atoms with Crippen LogP contribution in [-0.2, 0) is 0 Å². The van der Waals surface area contributed by atoms with Crippen LogP contribution in [0.1, 0.15) is 77.0 Å². The maximum Gasteiger partial charge on any atom is 0.211 e. The summed E-state index contributed by atoms with van der Waals surface area (Å²) in [5.41, 5.74) is 0.358. The first-order valence-corrected chi connectivity index (χ1v) is 7.23. The molecule has 1 aromatic heterocycles. The van der Waals surface area contributed by atoms with Crippen LogP contribution in [0.2, 0.25) is 0 Å². The highest BCUT2D eigenvalue weighted by molar-refractivity contribution is 5.10. The van der Waals surface area contributed by atoms with Crippen LogP contribution in [0.5, 0.6) is 0 Å². The Morgan fingerprint density at radius 3 is 2.94 bits per heavy atom. The van der Waals surface area contributed by atoms with Gasteiger partial charge >= 0.3 is 0 Å². The SMILES string of the molecule is CCCNC(C)c1ncc(C2CCCC2(C)C)o1. The minimum Gasteiger partial charge on any atom is -0.444 e. The fourth-order valence-corrected chi connectivity index (χ4v) is 2.96. The first kappa shape index (κ1) is 13.6. The van der Waals surface area contributed by atoms with E-state index in [-0.39, 0.29) is 6.04 Å². The van der Waals surface area contributed by atoms with Crippen molar-refractivity contribution in [3.63, 3.8) is 0 Å². The molecule has 0 bridgehead atoms. The molecule has 1 N–H and O–H groups in total. The number of hydrogen-bond acceptors (Lipinski definition) is 3. The molecule has 3 heteroatoms. The Morgan fingerprint density at radius 1 is 1.56 bits per heavy atom. The zero-order valence-corrected chi connectivity index (χ0v) is 12.1. The normalized spacial score (nSPS) is 24.3. The first-order valence-electron chi connectivity index (χ1n) is 7.23. The Balaban J connectivity index is 2.06. The van der Waals surface area contributed by atoms with Crippen LogP contribution >= 0.6 is 0 Å². The molecule has 3 nitrogen and oxygen atoms in total. The van der Waals surface area contributed by atoms with E-state index in [1.54, 1.807) is 0 Å². The number of rotatable bonds is 5. The molecule has 1 aromatic rings. The minimum absolute atomic E-state index is 0.211. The zero-order valence-electron chi connectivity index (χ0n) is 12.1. The summed E-state index contributed by atoms with van der Waals surface area (Å²) >= 11 is 0. The van der Waals surface area contributed by atoms with Gasteiger partial charge in [0, 0.05) is 5.92 Å². The van der Waals surface area contributed by atoms with Crippen molar-refractivity contribution >= 4 is 0 Å². The smallest absolute Gasteiger partial charge is 0.211 e. The average Bonchev–Trinajstić information content (AvgIpc) is 2.91. The molecule has 0 radical (unpaired) electrons. The topological polar surface area (TPSA) is 38.1 Å². The van der Waals surface area contributed by atoms with E-state index in [9.17, 15) is 0 Å². The lowest BCUT2D eigenvalue weighted by molar-refractivity contribution is 0.281. The van der Waals surface area contributed by atoms with Gasteiger partial charge in [-0.05, 0) is 38.1 Å². The van der Waals surface area contributed by atoms with Crippen molar-refractivity contribution in [3.05, 3.63) is 17.8 Å². The van der Waals surface area contributed by atoms with E-state index < -0.39 is 0 Å². The fraction of sp³-hybridized carbons (Fsp3) is 0.800. The van der Waals surface area contributed by atoms with E-state index in [1.165, 1.54) is 19.3 Å². The van der Waals surface area contributed by atoms with E-state index in [0.29, 0.717) is 11.3 Å².